The minimum absolute atomic E-state index is 0.234. The number of benzene rings is 2. The lowest BCUT2D eigenvalue weighted by molar-refractivity contribution is 0.162. The third kappa shape index (κ3) is 5.36. The van der Waals surface area contributed by atoms with E-state index in [-0.39, 0.29) is 6.04 Å². The minimum atomic E-state index is -0.431. The molecule has 0 saturated carbocycles. The van der Waals surface area contributed by atoms with E-state index in [0.29, 0.717) is 13.0 Å². The highest BCUT2D eigenvalue weighted by molar-refractivity contribution is 5.37. The van der Waals surface area contributed by atoms with Crippen LogP contribution < -0.4 is 10.1 Å². The van der Waals surface area contributed by atoms with Gasteiger partial charge in [0, 0.05) is 6.04 Å². The van der Waals surface area contributed by atoms with Gasteiger partial charge >= 0.3 is 0 Å². The fourth-order valence-corrected chi connectivity index (χ4v) is 2.76. The predicted molar refractivity (Wildman–Crippen MR) is 99.6 cm³/mol. The molecule has 0 spiro atoms. The number of ether oxygens (including phenoxy) is 1. The van der Waals surface area contributed by atoms with Gasteiger partial charge in [0.2, 0.25) is 0 Å². The molecule has 0 aromatic heterocycles. The van der Waals surface area contributed by atoms with E-state index in [1.165, 1.54) is 11.1 Å². The second-order valence-electron chi connectivity index (χ2n) is 6.58. The van der Waals surface area contributed by atoms with Crippen LogP contribution in [0.3, 0.4) is 0 Å². The molecule has 0 heterocycles. The van der Waals surface area contributed by atoms with Crippen molar-refractivity contribution in [3.8, 4) is 5.75 Å². The number of para-hydroxylation sites is 1. The largest absolute Gasteiger partial charge is 0.492 e. The van der Waals surface area contributed by atoms with Crippen molar-refractivity contribution in [3.05, 3.63) is 64.7 Å². The summed E-state index contributed by atoms with van der Waals surface area (Å²) in [5, 5.41) is 13.9. The van der Waals surface area contributed by atoms with Gasteiger partial charge in [0.25, 0.3) is 0 Å². The fourth-order valence-electron chi connectivity index (χ4n) is 2.76. The molecular formula is C21H29NO2. The van der Waals surface area contributed by atoms with E-state index in [2.05, 4.69) is 45.1 Å². The zero-order valence-electron chi connectivity index (χ0n) is 15.2. The average molecular weight is 327 g/mol. The highest BCUT2D eigenvalue weighted by atomic mass is 16.5. The molecule has 0 aliphatic carbocycles. The van der Waals surface area contributed by atoms with Crippen LogP contribution >= 0.6 is 0 Å². The summed E-state index contributed by atoms with van der Waals surface area (Å²) in [6, 6.07) is 14.3. The van der Waals surface area contributed by atoms with Crippen LogP contribution in [0.2, 0.25) is 0 Å². The first-order chi connectivity index (χ1) is 11.5. The van der Waals surface area contributed by atoms with E-state index >= 15 is 0 Å². The molecule has 0 aliphatic rings. The molecule has 2 aromatic rings. The highest BCUT2D eigenvalue weighted by Gasteiger charge is 2.12. The van der Waals surface area contributed by atoms with Crippen molar-refractivity contribution < 1.29 is 9.84 Å². The maximum absolute atomic E-state index is 10.5. The molecule has 0 saturated heterocycles. The molecular weight excluding hydrogens is 298 g/mol. The first-order valence-corrected chi connectivity index (χ1v) is 8.64. The first kappa shape index (κ1) is 18.5. The van der Waals surface area contributed by atoms with Gasteiger partial charge in [-0.05, 0) is 75.0 Å². The molecule has 0 amide bonds. The second kappa shape index (κ2) is 8.86. The SMILES string of the molecule is Cc1cc(C)c(C(O)CCNC(C)COc2ccccc2)cc1C. The molecule has 0 radical (unpaired) electrons. The molecule has 2 atom stereocenters. The van der Waals surface area contributed by atoms with Crippen LogP contribution in [-0.2, 0) is 0 Å². The van der Waals surface area contributed by atoms with E-state index in [0.717, 1.165) is 23.4 Å². The van der Waals surface area contributed by atoms with Crippen LogP contribution in [0.5, 0.6) is 5.75 Å². The maximum atomic E-state index is 10.5. The zero-order chi connectivity index (χ0) is 17.5. The van der Waals surface area contributed by atoms with Gasteiger partial charge in [-0.15, -0.1) is 0 Å². The lowest BCUT2D eigenvalue weighted by Gasteiger charge is -2.19. The van der Waals surface area contributed by atoms with Crippen molar-refractivity contribution in [2.75, 3.05) is 13.2 Å². The molecule has 2 N–H and O–H groups in total. The van der Waals surface area contributed by atoms with Crippen molar-refractivity contribution in [2.45, 2.75) is 46.3 Å². The summed E-state index contributed by atoms with van der Waals surface area (Å²) in [4.78, 5) is 0. The number of aliphatic hydroxyl groups excluding tert-OH is 1. The molecule has 3 heteroatoms. The lowest BCUT2D eigenvalue weighted by Crippen LogP contribution is -2.33. The molecule has 0 bridgehead atoms. The molecule has 2 aromatic carbocycles. The van der Waals surface area contributed by atoms with Gasteiger partial charge in [-0.25, -0.2) is 0 Å². The fraction of sp³-hybridized carbons (Fsp3) is 0.429. The van der Waals surface area contributed by atoms with Crippen molar-refractivity contribution in [1.82, 2.24) is 5.32 Å². The Bertz CT molecular complexity index is 640. The van der Waals surface area contributed by atoms with E-state index < -0.39 is 6.10 Å². The minimum Gasteiger partial charge on any atom is -0.492 e. The zero-order valence-corrected chi connectivity index (χ0v) is 15.2. The van der Waals surface area contributed by atoms with Gasteiger partial charge in [0.15, 0.2) is 0 Å². The van der Waals surface area contributed by atoms with Gasteiger partial charge < -0.3 is 15.2 Å². The van der Waals surface area contributed by atoms with Crippen LogP contribution in [0.25, 0.3) is 0 Å². The Hall–Kier alpha value is -1.84. The molecule has 0 fully saturated rings. The summed E-state index contributed by atoms with van der Waals surface area (Å²) in [5.41, 5.74) is 4.69. The van der Waals surface area contributed by atoms with Crippen molar-refractivity contribution >= 4 is 0 Å². The van der Waals surface area contributed by atoms with Crippen molar-refractivity contribution in [3.63, 3.8) is 0 Å². The summed E-state index contributed by atoms with van der Waals surface area (Å²) in [6.45, 7) is 9.72. The molecule has 0 aliphatic heterocycles. The lowest BCUT2D eigenvalue weighted by atomic mass is 9.96. The quantitative estimate of drug-likeness (QED) is 0.767. The second-order valence-corrected chi connectivity index (χ2v) is 6.58. The Morgan fingerprint density at radius 2 is 1.67 bits per heavy atom. The van der Waals surface area contributed by atoms with E-state index in [1.54, 1.807) is 0 Å². The van der Waals surface area contributed by atoms with Gasteiger partial charge in [0.1, 0.15) is 12.4 Å². The van der Waals surface area contributed by atoms with Gasteiger partial charge in [-0.1, -0.05) is 30.3 Å². The maximum Gasteiger partial charge on any atom is 0.119 e. The Balaban J connectivity index is 1.76. The summed E-state index contributed by atoms with van der Waals surface area (Å²) in [7, 11) is 0. The standard InChI is InChI=1S/C21H29NO2/c1-15-12-17(3)20(13-16(15)2)21(23)10-11-22-18(4)14-24-19-8-6-5-7-9-19/h5-9,12-13,18,21-23H,10-11,14H2,1-4H3. The number of rotatable bonds is 8. The van der Waals surface area contributed by atoms with E-state index in [9.17, 15) is 5.11 Å². The van der Waals surface area contributed by atoms with E-state index in [4.69, 9.17) is 4.74 Å². The molecule has 130 valence electrons. The average Bonchev–Trinajstić information content (AvgIpc) is 2.57. The van der Waals surface area contributed by atoms with Gasteiger partial charge in [-0.3, -0.25) is 0 Å². The van der Waals surface area contributed by atoms with Gasteiger partial charge in [-0.2, -0.15) is 0 Å². The first-order valence-electron chi connectivity index (χ1n) is 8.64. The summed E-state index contributed by atoms with van der Waals surface area (Å²) in [5.74, 6) is 0.886. The highest BCUT2D eigenvalue weighted by Crippen LogP contribution is 2.23. The smallest absolute Gasteiger partial charge is 0.119 e. The number of hydrogen-bond donors (Lipinski definition) is 2. The third-order valence-electron chi connectivity index (χ3n) is 4.40. The van der Waals surface area contributed by atoms with Crippen LogP contribution in [0.1, 0.15) is 41.7 Å². The number of hydrogen-bond acceptors (Lipinski definition) is 3. The number of aliphatic hydroxyl groups is 1. The van der Waals surface area contributed by atoms with Gasteiger partial charge in [0.05, 0.1) is 6.10 Å². The summed E-state index contributed by atoms with van der Waals surface area (Å²) >= 11 is 0. The molecule has 2 rings (SSSR count). The molecule has 2 unspecified atom stereocenters. The Morgan fingerprint density at radius 3 is 2.38 bits per heavy atom. The van der Waals surface area contributed by atoms with Crippen molar-refractivity contribution in [2.24, 2.45) is 0 Å². The van der Waals surface area contributed by atoms with Crippen LogP contribution in [0, 0.1) is 20.8 Å². The topological polar surface area (TPSA) is 41.5 Å². The van der Waals surface area contributed by atoms with E-state index in [1.807, 2.05) is 30.3 Å². The summed E-state index contributed by atoms with van der Waals surface area (Å²) in [6.07, 6.45) is 0.262. The predicted octanol–water partition coefficient (Wildman–Crippen LogP) is 4.09. The Morgan fingerprint density at radius 1 is 1.00 bits per heavy atom. The number of aryl methyl sites for hydroxylation is 3. The number of nitrogens with one attached hydrogen (secondary N) is 1. The monoisotopic (exact) mass is 327 g/mol. The normalized spacial score (nSPS) is 13.5. The summed E-state index contributed by atoms with van der Waals surface area (Å²) < 4.78 is 5.73. The molecule has 3 nitrogen and oxygen atoms in total. The van der Waals surface area contributed by atoms with Crippen LogP contribution in [0.4, 0.5) is 0 Å². The Kier molecular flexibility index (Phi) is 6.83. The molecule has 24 heavy (non-hydrogen) atoms. The third-order valence-corrected chi connectivity index (χ3v) is 4.40. The Labute approximate surface area is 145 Å². The van der Waals surface area contributed by atoms with Crippen molar-refractivity contribution in [1.29, 1.82) is 0 Å². The van der Waals surface area contributed by atoms with Crippen LogP contribution in [-0.4, -0.2) is 24.3 Å². The van der Waals surface area contributed by atoms with Crippen LogP contribution in [0.15, 0.2) is 42.5 Å².